The van der Waals surface area contributed by atoms with Gasteiger partial charge in [0.1, 0.15) is 5.82 Å². The van der Waals surface area contributed by atoms with Crippen LogP contribution in [0.3, 0.4) is 0 Å². The number of nitrogens with two attached hydrogens (primary N) is 1. The summed E-state index contributed by atoms with van der Waals surface area (Å²) in [7, 11) is 1.52. The van der Waals surface area contributed by atoms with Gasteiger partial charge in [-0.3, -0.25) is 9.59 Å². The van der Waals surface area contributed by atoms with E-state index in [1.54, 1.807) is 23.0 Å². The summed E-state index contributed by atoms with van der Waals surface area (Å²) in [5, 5.41) is 7.32. The molecule has 8 nitrogen and oxygen atoms in total. The third-order valence-corrected chi connectivity index (χ3v) is 4.30. The minimum absolute atomic E-state index is 0.0691. The molecule has 1 aromatic carbocycles. The van der Waals surface area contributed by atoms with Gasteiger partial charge >= 0.3 is 0 Å². The number of hydrogen-bond acceptors (Lipinski definition) is 5. The van der Waals surface area contributed by atoms with Crippen LogP contribution >= 0.6 is 0 Å². The van der Waals surface area contributed by atoms with Gasteiger partial charge in [0.25, 0.3) is 5.91 Å². The average molecular weight is 358 g/mol. The summed E-state index contributed by atoms with van der Waals surface area (Å²) in [6, 6.07) is 5.55. The van der Waals surface area contributed by atoms with Crippen molar-refractivity contribution >= 4 is 17.6 Å². The van der Waals surface area contributed by atoms with E-state index < -0.39 is 5.91 Å². The molecule has 26 heavy (non-hydrogen) atoms. The Balaban J connectivity index is 2.00. The zero-order chi connectivity index (χ0) is 18.8. The molecule has 1 aliphatic heterocycles. The van der Waals surface area contributed by atoms with E-state index in [9.17, 15) is 9.59 Å². The summed E-state index contributed by atoms with van der Waals surface area (Å²) in [4.78, 5) is 23.3. The molecular weight excluding hydrogens is 336 g/mol. The van der Waals surface area contributed by atoms with Crippen LogP contribution < -0.4 is 20.5 Å². The number of aromatic nitrogens is 2. The lowest BCUT2D eigenvalue weighted by atomic mass is 9.87. The third kappa shape index (κ3) is 3.35. The van der Waals surface area contributed by atoms with Gasteiger partial charge in [0, 0.05) is 23.9 Å². The van der Waals surface area contributed by atoms with Crippen molar-refractivity contribution in [3.63, 3.8) is 0 Å². The largest absolute Gasteiger partial charge is 0.493 e. The van der Waals surface area contributed by atoms with E-state index in [1.165, 1.54) is 7.11 Å². The Hall–Kier alpha value is -3.03. The van der Waals surface area contributed by atoms with E-state index in [2.05, 4.69) is 10.4 Å². The molecule has 3 N–H and O–H groups in total. The molecule has 3 rings (SSSR count). The first-order valence-electron chi connectivity index (χ1n) is 8.37. The summed E-state index contributed by atoms with van der Waals surface area (Å²) in [6.07, 6.45) is 2.09. The lowest BCUT2D eigenvalue weighted by molar-refractivity contribution is -0.120. The summed E-state index contributed by atoms with van der Waals surface area (Å²) >= 11 is 0. The molecule has 2 amide bonds. The van der Waals surface area contributed by atoms with E-state index in [4.69, 9.17) is 15.2 Å². The van der Waals surface area contributed by atoms with Gasteiger partial charge in [0.15, 0.2) is 18.1 Å². The van der Waals surface area contributed by atoms with Gasteiger partial charge in [-0.05, 0) is 31.5 Å². The normalized spacial score (nSPS) is 16.2. The summed E-state index contributed by atoms with van der Waals surface area (Å²) in [5.41, 5.74) is 6.98. The summed E-state index contributed by atoms with van der Waals surface area (Å²) < 4.78 is 12.5. The Labute approximate surface area is 151 Å². The van der Waals surface area contributed by atoms with Crippen LogP contribution in [0.15, 0.2) is 24.4 Å². The van der Waals surface area contributed by atoms with Gasteiger partial charge in [0.05, 0.1) is 13.3 Å². The standard InChI is InChI=1S/C18H22N4O4/c1-10(2)22-18-13(8-20-22)12(7-17(24)21-18)11-4-5-14(25-3)15(6-11)26-9-16(19)23/h4-6,8,10,12H,7,9H2,1-3H3,(H2,19,23)(H,21,24)/t12-/m1/s1. The van der Waals surface area contributed by atoms with E-state index in [-0.39, 0.29) is 24.5 Å². The highest BCUT2D eigenvalue weighted by Crippen LogP contribution is 2.40. The first-order valence-corrected chi connectivity index (χ1v) is 8.37. The fraction of sp³-hybridized carbons (Fsp3) is 0.389. The third-order valence-electron chi connectivity index (χ3n) is 4.30. The molecule has 2 aromatic rings. The van der Waals surface area contributed by atoms with Crippen LogP contribution in [-0.4, -0.2) is 35.3 Å². The molecule has 1 aliphatic rings. The van der Waals surface area contributed by atoms with E-state index in [0.29, 0.717) is 17.9 Å². The average Bonchev–Trinajstić information content (AvgIpc) is 3.02. The molecule has 0 bridgehead atoms. The number of methoxy groups -OCH3 is 1. The fourth-order valence-electron chi connectivity index (χ4n) is 3.10. The van der Waals surface area contributed by atoms with Gasteiger partial charge < -0.3 is 20.5 Å². The lowest BCUT2D eigenvalue weighted by Crippen LogP contribution is -2.25. The van der Waals surface area contributed by atoms with Crippen molar-refractivity contribution in [2.24, 2.45) is 5.73 Å². The Morgan fingerprint density at radius 2 is 2.19 bits per heavy atom. The summed E-state index contributed by atoms with van der Waals surface area (Å²) in [6.45, 7) is 3.76. The minimum Gasteiger partial charge on any atom is -0.493 e. The van der Waals surface area contributed by atoms with E-state index >= 15 is 0 Å². The van der Waals surface area contributed by atoms with Crippen molar-refractivity contribution in [1.29, 1.82) is 0 Å². The quantitative estimate of drug-likeness (QED) is 0.819. The molecule has 1 aromatic heterocycles. The number of primary amides is 1. The molecule has 138 valence electrons. The number of ether oxygens (including phenoxy) is 2. The number of carbonyl (C=O) groups excluding carboxylic acids is 2. The zero-order valence-corrected chi connectivity index (χ0v) is 15.0. The SMILES string of the molecule is COc1ccc([C@H]2CC(=O)Nc3c2cnn3C(C)C)cc1OCC(N)=O. The highest BCUT2D eigenvalue weighted by atomic mass is 16.5. The Bertz CT molecular complexity index is 844. The molecule has 8 heteroatoms. The Morgan fingerprint density at radius 3 is 2.85 bits per heavy atom. The topological polar surface area (TPSA) is 108 Å². The molecule has 0 aliphatic carbocycles. The van der Waals surface area contributed by atoms with Crippen LogP contribution in [0.4, 0.5) is 5.82 Å². The minimum atomic E-state index is -0.574. The van der Waals surface area contributed by atoms with Crippen molar-refractivity contribution in [1.82, 2.24) is 9.78 Å². The highest BCUT2D eigenvalue weighted by molar-refractivity contribution is 5.94. The van der Waals surface area contributed by atoms with Crippen LogP contribution in [-0.2, 0) is 9.59 Å². The molecule has 0 radical (unpaired) electrons. The van der Waals surface area contributed by atoms with E-state index in [0.717, 1.165) is 16.9 Å². The zero-order valence-electron chi connectivity index (χ0n) is 15.0. The van der Waals surface area contributed by atoms with Crippen LogP contribution in [0.1, 0.15) is 43.4 Å². The van der Waals surface area contributed by atoms with Crippen molar-refractivity contribution in [3.05, 3.63) is 35.5 Å². The van der Waals surface area contributed by atoms with Crippen LogP contribution in [0, 0.1) is 0 Å². The highest BCUT2D eigenvalue weighted by Gasteiger charge is 2.31. The Kier molecular flexibility index (Phi) is 4.83. The predicted octanol–water partition coefficient (Wildman–Crippen LogP) is 1.81. The molecule has 0 saturated heterocycles. The number of anilines is 1. The Morgan fingerprint density at radius 1 is 1.42 bits per heavy atom. The number of amides is 2. The van der Waals surface area contributed by atoms with Crippen molar-refractivity contribution in [2.45, 2.75) is 32.2 Å². The number of carbonyl (C=O) groups is 2. The molecule has 1 atom stereocenters. The van der Waals surface area contributed by atoms with E-state index in [1.807, 2.05) is 19.9 Å². The number of rotatable bonds is 6. The molecule has 0 unspecified atom stereocenters. The molecule has 0 saturated carbocycles. The second kappa shape index (κ2) is 7.07. The van der Waals surface area contributed by atoms with Crippen molar-refractivity contribution in [3.8, 4) is 11.5 Å². The number of nitrogens with zero attached hydrogens (tertiary/aromatic N) is 2. The molecule has 2 heterocycles. The number of hydrogen-bond donors (Lipinski definition) is 2. The molecule has 0 fully saturated rings. The molecule has 0 spiro atoms. The number of benzene rings is 1. The van der Waals surface area contributed by atoms with Crippen LogP contribution in [0.25, 0.3) is 0 Å². The molecular formula is C18H22N4O4. The smallest absolute Gasteiger partial charge is 0.255 e. The maximum absolute atomic E-state index is 12.2. The lowest BCUT2D eigenvalue weighted by Gasteiger charge is -2.25. The maximum atomic E-state index is 12.2. The van der Waals surface area contributed by atoms with Gasteiger partial charge in [0.2, 0.25) is 5.91 Å². The van der Waals surface area contributed by atoms with Gasteiger partial charge in [-0.15, -0.1) is 0 Å². The second-order valence-corrected chi connectivity index (χ2v) is 6.46. The van der Waals surface area contributed by atoms with Crippen molar-refractivity contribution < 1.29 is 19.1 Å². The van der Waals surface area contributed by atoms with Crippen LogP contribution in [0.5, 0.6) is 11.5 Å². The number of nitrogens with one attached hydrogen (secondary N) is 1. The van der Waals surface area contributed by atoms with Gasteiger partial charge in [-0.25, -0.2) is 4.68 Å². The van der Waals surface area contributed by atoms with Crippen molar-refractivity contribution in [2.75, 3.05) is 19.0 Å². The van der Waals surface area contributed by atoms with Gasteiger partial charge in [-0.2, -0.15) is 5.10 Å². The van der Waals surface area contributed by atoms with Gasteiger partial charge in [-0.1, -0.05) is 6.07 Å². The summed E-state index contributed by atoms with van der Waals surface area (Å²) in [5.74, 6) is 0.820. The maximum Gasteiger partial charge on any atom is 0.255 e. The first-order chi connectivity index (χ1) is 12.4. The monoisotopic (exact) mass is 358 g/mol. The fourth-order valence-corrected chi connectivity index (χ4v) is 3.10. The number of fused-ring (bicyclic) bond motifs is 1. The first kappa shape index (κ1) is 17.8. The van der Waals surface area contributed by atoms with Crippen LogP contribution in [0.2, 0.25) is 0 Å². The predicted molar refractivity (Wildman–Crippen MR) is 95.4 cm³/mol. The second-order valence-electron chi connectivity index (χ2n) is 6.46.